The van der Waals surface area contributed by atoms with E-state index in [0.29, 0.717) is 17.4 Å². The molecule has 5 nitrogen and oxygen atoms in total. The number of amides is 1. The van der Waals surface area contributed by atoms with Crippen LogP contribution in [0.5, 0.6) is 0 Å². The zero-order valence-corrected chi connectivity index (χ0v) is 15.1. The predicted octanol–water partition coefficient (Wildman–Crippen LogP) is 2.61. The Kier molecular flexibility index (Phi) is 5.20. The van der Waals surface area contributed by atoms with Crippen LogP contribution in [0.25, 0.3) is 0 Å². The molecule has 0 bridgehead atoms. The third-order valence-corrected chi connectivity index (χ3v) is 6.42. The number of carbonyl (C=O) groups is 1. The van der Waals surface area contributed by atoms with Gasteiger partial charge in [-0.2, -0.15) is 4.31 Å². The Hall–Kier alpha value is -0.340. The SMILES string of the molecule is CN1CCCN(S(=O)(=O)c2c(Cl)cc(Br)cc2Cl)CC1=O. The van der Waals surface area contributed by atoms with Gasteiger partial charge in [0.25, 0.3) is 0 Å². The minimum Gasteiger partial charge on any atom is -0.345 e. The van der Waals surface area contributed by atoms with Crippen molar-refractivity contribution in [2.24, 2.45) is 0 Å². The standard InChI is InChI=1S/C12H13BrCl2N2O3S/c1-16-3-2-4-17(7-11(16)18)21(19,20)12-9(14)5-8(13)6-10(12)15/h5-6H,2-4,7H2,1H3. The van der Waals surface area contributed by atoms with E-state index in [4.69, 9.17) is 23.2 Å². The van der Waals surface area contributed by atoms with E-state index in [2.05, 4.69) is 15.9 Å². The van der Waals surface area contributed by atoms with Gasteiger partial charge in [0.15, 0.2) is 0 Å². The van der Waals surface area contributed by atoms with Gasteiger partial charge in [-0.1, -0.05) is 39.1 Å². The van der Waals surface area contributed by atoms with E-state index in [-0.39, 0.29) is 33.9 Å². The van der Waals surface area contributed by atoms with Gasteiger partial charge in [-0.25, -0.2) is 8.42 Å². The number of carbonyl (C=O) groups excluding carboxylic acids is 1. The fourth-order valence-electron chi connectivity index (χ4n) is 2.07. The van der Waals surface area contributed by atoms with E-state index < -0.39 is 10.0 Å². The number of hydrogen-bond donors (Lipinski definition) is 0. The van der Waals surface area contributed by atoms with Gasteiger partial charge < -0.3 is 4.90 Å². The molecule has 9 heteroatoms. The fourth-order valence-corrected chi connectivity index (χ4v) is 5.38. The fraction of sp³-hybridized carbons (Fsp3) is 0.417. The molecule has 1 amide bonds. The summed E-state index contributed by atoms with van der Waals surface area (Å²) in [6.45, 7) is 0.565. The van der Waals surface area contributed by atoms with Gasteiger partial charge in [0, 0.05) is 24.6 Å². The molecule has 0 radical (unpaired) electrons. The average molecular weight is 416 g/mol. The summed E-state index contributed by atoms with van der Waals surface area (Å²) in [5, 5.41) is 0.0545. The molecule has 1 aliphatic heterocycles. The molecule has 2 rings (SSSR count). The molecule has 116 valence electrons. The highest BCUT2D eigenvalue weighted by atomic mass is 79.9. The van der Waals surface area contributed by atoms with Gasteiger partial charge >= 0.3 is 0 Å². The molecule has 21 heavy (non-hydrogen) atoms. The molecule has 0 spiro atoms. The molecule has 0 saturated carbocycles. The second kappa shape index (κ2) is 6.42. The van der Waals surface area contributed by atoms with Crippen LogP contribution in [0, 0.1) is 0 Å². The van der Waals surface area contributed by atoms with Gasteiger partial charge in [-0.3, -0.25) is 4.79 Å². The van der Waals surface area contributed by atoms with Crippen molar-refractivity contribution < 1.29 is 13.2 Å². The van der Waals surface area contributed by atoms with E-state index in [1.54, 1.807) is 7.05 Å². The zero-order valence-electron chi connectivity index (χ0n) is 11.1. The Labute approximate surface area is 142 Å². The van der Waals surface area contributed by atoms with Crippen molar-refractivity contribution in [2.45, 2.75) is 11.3 Å². The van der Waals surface area contributed by atoms with Crippen molar-refractivity contribution in [1.29, 1.82) is 0 Å². The third-order valence-electron chi connectivity index (χ3n) is 3.20. The molecule has 1 aromatic rings. The van der Waals surface area contributed by atoms with Crippen LogP contribution in [0.4, 0.5) is 0 Å². The van der Waals surface area contributed by atoms with Crippen molar-refractivity contribution in [3.63, 3.8) is 0 Å². The smallest absolute Gasteiger partial charge is 0.246 e. The first-order valence-corrected chi connectivity index (χ1v) is 9.11. The van der Waals surface area contributed by atoms with Crippen LogP contribution in [-0.2, 0) is 14.8 Å². The average Bonchev–Trinajstić information content (AvgIpc) is 2.50. The van der Waals surface area contributed by atoms with E-state index in [9.17, 15) is 13.2 Å². The summed E-state index contributed by atoms with van der Waals surface area (Å²) < 4.78 is 27.1. The second-order valence-corrected chi connectivity index (χ2v) is 8.31. The predicted molar refractivity (Wildman–Crippen MR) is 85.2 cm³/mol. The van der Waals surface area contributed by atoms with Gasteiger partial charge in [-0.05, 0) is 18.6 Å². The van der Waals surface area contributed by atoms with Crippen molar-refractivity contribution in [3.8, 4) is 0 Å². The summed E-state index contributed by atoms with van der Waals surface area (Å²) in [5.74, 6) is -0.250. The summed E-state index contributed by atoms with van der Waals surface area (Å²) in [6, 6.07) is 2.93. The molecule has 1 aliphatic rings. The van der Waals surface area contributed by atoms with Crippen LogP contribution in [0.3, 0.4) is 0 Å². The van der Waals surface area contributed by atoms with Crippen molar-refractivity contribution in [3.05, 3.63) is 26.7 Å². The molecule has 1 aromatic carbocycles. The lowest BCUT2D eigenvalue weighted by molar-refractivity contribution is -0.129. The lowest BCUT2D eigenvalue weighted by atomic mass is 10.4. The highest BCUT2D eigenvalue weighted by Gasteiger charge is 2.33. The van der Waals surface area contributed by atoms with Gasteiger partial charge in [0.05, 0.1) is 16.6 Å². The number of hydrogen-bond acceptors (Lipinski definition) is 3. The summed E-state index contributed by atoms with van der Waals surface area (Å²) in [6.07, 6.45) is 0.563. The zero-order chi connectivity index (χ0) is 15.8. The van der Waals surface area contributed by atoms with Crippen molar-refractivity contribution >= 4 is 55.1 Å². The third kappa shape index (κ3) is 3.53. The van der Waals surface area contributed by atoms with Gasteiger partial charge in [0.1, 0.15) is 4.90 Å². The summed E-state index contributed by atoms with van der Waals surface area (Å²) in [5.41, 5.74) is 0. The normalized spacial score (nSPS) is 17.9. The lowest BCUT2D eigenvalue weighted by Gasteiger charge is -2.21. The van der Waals surface area contributed by atoms with Crippen molar-refractivity contribution in [1.82, 2.24) is 9.21 Å². The number of halogens is 3. The van der Waals surface area contributed by atoms with E-state index >= 15 is 0 Å². The van der Waals surface area contributed by atoms with Crippen LogP contribution in [0.2, 0.25) is 10.0 Å². The van der Waals surface area contributed by atoms with Crippen molar-refractivity contribution in [2.75, 3.05) is 26.7 Å². The van der Waals surface area contributed by atoms with Gasteiger partial charge in [0.2, 0.25) is 15.9 Å². The Morgan fingerprint density at radius 3 is 2.33 bits per heavy atom. The molecule has 1 heterocycles. The summed E-state index contributed by atoms with van der Waals surface area (Å²) >= 11 is 15.3. The van der Waals surface area contributed by atoms with Crippen LogP contribution in [0.15, 0.2) is 21.5 Å². The van der Waals surface area contributed by atoms with E-state index in [1.165, 1.54) is 17.0 Å². The molecular formula is C12H13BrCl2N2O3S. The minimum atomic E-state index is -3.92. The maximum absolute atomic E-state index is 12.7. The number of sulfonamides is 1. The monoisotopic (exact) mass is 414 g/mol. The molecule has 0 aliphatic carbocycles. The number of likely N-dealkylation sites (N-methyl/N-ethyl adjacent to an activating group) is 1. The maximum Gasteiger partial charge on any atom is 0.246 e. The molecule has 1 fully saturated rings. The molecule has 0 aromatic heterocycles. The Morgan fingerprint density at radius 1 is 1.19 bits per heavy atom. The first-order valence-electron chi connectivity index (χ1n) is 6.12. The highest BCUT2D eigenvalue weighted by molar-refractivity contribution is 9.10. The van der Waals surface area contributed by atoms with Crippen LogP contribution in [-0.4, -0.2) is 50.2 Å². The molecule has 0 unspecified atom stereocenters. The van der Waals surface area contributed by atoms with Crippen LogP contribution >= 0.6 is 39.1 Å². The summed E-state index contributed by atoms with van der Waals surface area (Å²) in [7, 11) is -2.27. The molecule has 1 saturated heterocycles. The van der Waals surface area contributed by atoms with E-state index in [0.717, 1.165) is 4.31 Å². The Balaban J connectivity index is 2.45. The van der Waals surface area contributed by atoms with Gasteiger partial charge in [-0.15, -0.1) is 0 Å². The quantitative estimate of drug-likeness (QED) is 0.745. The highest BCUT2D eigenvalue weighted by Crippen LogP contribution is 2.35. The molecular weight excluding hydrogens is 403 g/mol. The number of rotatable bonds is 2. The first kappa shape index (κ1) is 17.0. The number of nitrogens with zero attached hydrogens (tertiary/aromatic N) is 2. The minimum absolute atomic E-state index is 0.0272. The van der Waals surface area contributed by atoms with E-state index in [1.807, 2.05) is 0 Å². The maximum atomic E-state index is 12.7. The second-order valence-electron chi connectivity index (χ2n) is 4.71. The molecule has 0 N–H and O–H groups in total. The topological polar surface area (TPSA) is 57.7 Å². The first-order chi connectivity index (χ1) is 9.73. The number of benzene rings is 1. The largest absolute Gasteiger partial charge is 0.345 e. The Morgan fingerprint density at radius 2 is 1.76 bits per heavy atom. The summed E-state index contributed by atoms with van der Waals surface area (Å²) in [4.78, 5) is 13.2. The Bertz CT molecular complexity index is 658. The lowest BCUT2D eigenvalue weighted by Crippen LogP contribution is -2.38. The van der Waals surface area contributed by atoms with Crippen LogP contribution < -0.4 is 0 Å². The molecule has 0 atom stereocenters. The van der Waals surface area contributed by atoms with Crippen LogP contribution in [0.1, 0.15) is 6.42 Å².